The van der Waals surface area contributed by atoms with E-state index >= 15 is 0 Å². The number of aryl methyl sites for hydroxylation is 1. The van der Waals surface area contributed by atoms with Crippen molar-refractivity contribution in [1.29, 1.82) is 0 Å². The molecule has 1 aromatic rings. The minimum absolute atomic E-state index is 0. The van der Waals surface area contributed by atoms with Crippen LogP contribution in [0.3, 0.4) is 0 Å². The summed E-state index contributed by atoms with van der Waals surface area (Å²) in [6, 6.07) is 0.336. The summed E-state index contributed by atoms with van der Waals surface area (Å²) in [7, 11) is -3.48. The van der Waals surface area contributed by atoms with E-state index in [9.17, 15) is 8.42 Å². The highest BCUT2D eigenvalue weighted by Crippen LogP contribution is 2.28. The van der Waals surface area contributed by atoms with Crippen LogP contribution in [0, 0.1) is 19.8 Å². The van der Waals surface area contributed by atoms with Crippen molar-refractivity contribution in [1.82, 2.24) is 24.3 Å². The van der Waals surface area contributed by atoms with Gasteiger partial charge in [-0.3, -0.25) is 9.58 Å². The SMILES string of the molecule is Cc1nn(CC(C)C)c(C)c1S(=O)(=O)N1CCC(N2CCNCC2)C1.Cl. The molecule has 2 aliphatic heterocycles. The second kappa shape index (κ2) is 8.56. The molecule has 1 atom stereocenters. The molecule has 2 saturated heterocycles. The molecule has 0 saturated carbocycles. The lowest BCUT2D eigenvalue weighted by molar-refractivity contribution is 0.179. The lowest BCUT2D eigenvalue weighted by Gasteiger charge is -2.32. The third-order valence-corrected chi connectivity index (χ3v) is 7.36. The lowest BCUT2D eigenvalue weighted by Crippen LogP contribution is -2.49. The van der Waals surface area contributed by atoms with Crippen molar-refractivity contribution >= 4 is 22.4 Å². The van der Waals surface area contributed by atoms with Crippen molar-refractivity contribution in [2.75, 3.05) is 39.3 Å². The minimum atomic E-state index is -3.48. The van der Waals surface area contributed by atoms with Crippen LogP contribution in [-0.4, -0.2) is 72.7 Å². The monoisotopic (exact) mass is 405 g/mol. The lowest BCUT2D eigenvalue weighted by atomic mass is 10.2. The van der Waals surface area contributed by atoms with Gasteiger partial charge in [0.05, 0.1) is 11.4 Å². The zero-order valence-electron chi connectivity index (χ0n) is 16.2. The van der Waals surface area contributed by atoms with Crippen molar-refractivity contribution in [3.05, 3.63) is 11.4 Å². The van der Waals surface area contributed by atoms with Crippen LogP contribution in [0.15, 0.2) is 4.90 Å². The van der Waals surface area contributed by atoms with Crippen molar-refractivity contribution < 1.29 is 8.42 Å². The Morgan fingerprint density at radius 2 is 1.85 bits per heavy atom. The van der Waals surface area contributed by atoms with E-state index in [4.69, 9.17) is 0 Å². The number of hydrogen-bond donors (Lipinski definition) is 1. The molecular formula is C17H32ClN5O2S. The number of hydrogen-bond acceptors (Lipinski definition) is 5. The van der Waals surface area contributed by atoms with E-state index in [-0.39, 0.29) is 12.4 Å². The third-order valence-electron chi connectivity index (χ3n) is 5.25. The van der Waals surface area contributed by atoms with Crippen LogP contribution in [0.5, 0.6) is 0 Å². The van der Waals surface area contributed by atoms with Gasteiger partial charge < -0.3 is 5.32 Å². The van der Waals surface area contributed by atoms with E-state index in [1.807, 2.05) is 11.6 Å². The molecule has 0 spiro atoms. The van der Waals surface area contributed by atoms with Crippen LogP contribution >= 0.6 is 12.4 Å². The van der Waals surface area contributed by atoms with Gasteiger partial charge in [0.2, 0.25) is 10.0 Å². The van der Waals surface area contributed by atoms with Crippen LogP contribution < -0.4 is 5.32 Å². The van der Waals surface area contributed by atoms with Crippen LogP contribution in [0.1, 0.15) is 31.7 Å². The van der Waals surface area contributed by atoms with Crippen molar-refractivity contribution in [3.63, 3.8) is 0 Å². The maximum atomic E-state index is 13.2. The van der Waals surface area contributed by atoms with Gasteiger partial charge in [0.25, 0.3) is 0 Å². The number of nitrogens with zero attached hydrogens (tertiary/aromatic N) is 4. The highest BCUT2D eigenvalue weighted by atomic mass is 35.5. The van der Waals surface area contributed by atoms with Gasteiger partial charge in [-0.15, -0.1) is 12.4 Å². The fraction of sp³-hybridized carbons (Fsp3) is 0.824. The van der Waals surface area contributed by atoms with Crippen LogP contribution in [0.2, 0.25) is 0 Å². The molecular weight excluding hydrogens is 374 g/mol. The molecule has 26 heavy (non-hydrogen) atoms. The molecule has 1 aromatic heterocycles. The van der Waals surface area contributed by atoms with Gasteiger partial charge in [0.1, 0.15) is 4.90 Å². The number of aromatic nitrogens is 2. The second-order valence-electron chi connectivity index (χ2n) is 7.67. The Morgan fingerprint density at radius 1 is 1.19 bits per heavy atom. The standard InChI is InChI=1S/C17H31N5O2S.ClH/c1-13(2)11-22-15(4)17(14(3)19-22)25(23,24)21-8-5-16(12-21)20-9-6-18-7-10-20;/h13,16,18H,5-12H2,1-4H3;1H. The molecule has 0 amide bonds. The Morgan fingerprint density at radius 3 is 2.46 bits per heavy atom. The highest BCUT2D eigenvalue weighted by Gasteiger charge is 2.38. The van der Waals surface area contributed by atoms with E-state index in [1.54, 1.807) is 11.2 Å². The largest absolute Gasteiger partial charge is 0.314 e. The summed E-state index contributed by atoms with van der Waals surface area (Å²) < 4.78 is 30.0. The molecule has 0 bridgehead atoms. The predicted molar refractivity (Wildman–Crippen MR) is 105 cm³/mol. The molecule has 9 heteroatoms. The molecule has 2 aliphatic rings. The van der Waals surface area contributed by atoms with Crippen LogP contribution in [-0.2, 0) is 16.6 Å². The number of nitrogens with one attached hydrogen (secondary N) is 1. The maximum Gasteiger partial charge on any atom is 0.246 e. The van der Waals surface area contributed by atoms with E-state index in [0.717, 1.165) is 44.8 Å². The Balaban J connectivity index is 0.00000243. The zero-order valence-corrected chi connectivity index (χ0v) is 17.9. The molecule has 2 fully saturated rings. The van der Waals surface area contributed by atoms with Gasteiger partial charge in [-0.05, 0) is 26.2 Å². The average molecular weight is 406 g/mol. The Kier molecular flexibility index (Phi) is 7.12. The van der Waals surface area contributed by atoms with Gasteiger partial charge in [-0.2, -0.15) is 9.40 Å². The molecule has 1 N–H and O–H groups in total. The summed E-state index contributed by atoms with van der Waals surface area (Å²) in [5.41, 5.74) is 1.38. The molecule has 0 aromatic carbocycles. The van der Waals surface area contributed by atoms with E-state index in [2.05, 4.69) is 29.2 Å². The number of halogens is 1. The predicted octanol–water partition coefficient (Wildman–Crippen LogP) is 1.25. The van der Waals surface area contributed by atoms with Gasteiger partial charge in [-0.25, -0.2) is 8.42 Å². The van der Waals surface area contributed by atoms with Gasteiger partial charge in [0, 0.05) is 51.9 Å². The smallest absolute Gasteiger partial charge is 0.246 e. The second-order valence-corrected chi connectivity index (χ2v) is 9.54. The third kappa shape index (κ3) is 4.25. The normalized spacial score (nSPS) is 22.7. The Hall–Kier alpha value is -0.670. The fourth-order valence-corrected chi connectivity index (χ4v) is 5.85. The van der Waals surface area contributed by atoms with E-state index < -0.39 is 10.0 Å². The minimum Gasteiger partial charge on any atom is -0.314 e. The molecule has 1 unspecified atom stereocenters. The van der Waals surface area contributed by atoms with Crippen LogP contribution in [0.4, 0.5) is 0 Å². The molecule has 150 valence electrons. The van der Waals surface area contributed by atoms with Gasteiger partial charge in [0.15, 0.2) is 0 Å². The average Bonchev–Trinajstić information content (AvgIpc) is 3.14. The molecule has 3 heterocycles. The summed E-state index contributed by atoms with van der Waals surface area (Å²) in [4.78, 5) is 2.84. The molecule has 7 nitrogen and oxygen atoms in total. The van der Waals surface area contributed by atoms with Gasteiger partial charge in [-0.1, -0.05) is 13.8 Å². The first-order valence-corrected chi connectivity index (χ1v) is 10.7. The van der Waals surface area contributed by atoms with E-state index in [1.165, 1.54) is 0 Å². The maximum absolute atomic E-state index is 13.2. The summed E-state index contributed by atoms with van der Waals surface area (Å²) in [5, 5.41) is 7.84. The first-order chi connectivity index (χ1) is 11.8. The topological polar surface area (TPSA) is 70.5 Å². The van der Waals surface area contributed by atoms with Crippen molar-refractivity contribution in [3.8, 4) is 0 Å². The fourth-order valence-electron chi connectivity index (χ4n) is 3.98. The number of sulfonamides is 1. The first-order valence-electron chi connectivity index (χ1n) is 9.29. The summed E-state index contributed by atoms with van der Waals surface area (Å²) >= 11 is 0. The quantitative estimate of drug-likeness (QED) is 0.798. The summed E-state index contributed by atoms with van der Waals surface area (Å²) in [5.74, 6) is 0.428. The highest BCUT2D eigenvalue weighted by molar-refractivity contribution is 7.89. The molecule has 0 radical (unpaired) electrons. The van der Waals surface area contributed by atoms with Gasteiger partial charge >= 0.3 is 0 Å². The van der Waals surface area contributed by atoms with Crippen molar-refractivity contribution in [2.45, 2.75) is 51.6 Å². The molecule has 3 rings (SSSR count). The first kappa shape index (κ1) is 21.6. The van der Waals surface area contributed by atoms with E-state index in [0.29, 0.717) is 35.6 Å². The van der Waals surface area contributed by atoms with Crippen LogP contribution in [0.25, 0.3) is 0 Å². The summed E-state index contributed by atoms with van der Waals surface area (Å²) in [6.07, 6.45) is 0.914. The Labute approximate surface area is 163 Å². The Bertz CT molecular complexity index is 713. The number of rotatable bonds is 5. The summed E-state index contributed by atoms with van der Waals surface area (Å²) in [6.45, 7) is 13.8. The molecule has 0 aliphatic carbocycles. The van der Waals surface area contributed by atoms with Crippen molar-refractivity contribution in [2.24, 2.45) is 5.92 Å². The number of piperazine rings is 1. The zero-order chi connectivity index (χ0) is 18.2.